The fraction of sp³-hybridized carbons (Fsp3) is 0. The number of pyridine rings is 1. The van der Waals surface area contributed by atoms with Crippen LogP contribution in [-0.4, -0.2) is 10.9 Å². The number of rotatable bonds is 3. The molecule has 1 heterocycles. The van der Waals surface area contributed by atoms with Crippen LogP contribution in [0.25, 0.3) is 0 Å². The maximum absolute atomic E-state index is 12.0. The monoisotopic (exact) mass is 262 g/mol. The predicted octanol–water partition coefficient (Wildman–Crippen LogP) is 2.27. The average Bonchev–Trinajstić information content (AvgIpc) is 2.41. The first-order valence-electron chi connectivity index (χ1n) is 5.20. The minimum atomic E-state index is -0.329. The molecule has 0 atom stereocenters. The van der Waals surface area contributed by atoms with E-state index in [1.54, 1.807) is 42.6 Å². The van der Waals surface area contributed by atoms with Gasteiger partial charge in [0.2, 0.25) is 0 Å². The Balaban J connectivity index is 2.25. The molecular formula is C12H11ClN4O. The molecule has 18 heavy (non-hydrogen) atoms. The van der Waals surface area contributed by atoms with Gasteiger partial charge in [0.25, 0.3) is 5.91 Å². The first-order chi connectivity index (χ1) is 8.72. The van der Waals surface area contributed by atoms with E-state index in [-0.39, 0.29) is 5.91 Å². The number of anilines is 2. The van der Waals surface area contributed by atoms with Crippen molar-refractivity contribution >= 4 is 29.0 Å². The van der Waals surface area contributed by atoms with E-state index in [9.17, 15) is 4.79 Å². The quantitative estimate of drug-likeness (QED) is 0.586. The summed E-state index contributed by atoms with van der Waals surface area (Å²) >= 11 is 5.96. The second-order valence-corrected chi connectivity index (χ2v) is 3.89. The van der Waals surface area contributed by atoms with Crippen molar-refractivity contribution in [3.8, 4) is 0 Å². The molecule has 4 N–H and O–H groups in total. The Morgan fingerprint density at radius 3 is 2.72 bits per heavy atom. The fourth-order valence-electron chi connectivity index (χ4n) is 1.46. The second kappa shape index (κ2) is 5.48. The number of amides is 1. The van der Waals surface area contributed by atoms with Gasteiger partial charge in [-0.15, -0.1) is 0 Å². The Morgan fingerprint density at radius 2 is 2.00 bits per heavy atom. The number of nitrogens with zero attached hydrogens (tertiary/aromatic N) is 1. The first-order valence-corrected chi connectivity index (χ1v) is 5.57. The number of nitrogen functional groups attached to an aromatic ring is 1. The number of benzene rings is 1. The molecule has 0 saturated carbocycles. The maximum atomic E-state index is 12.0. The van der Waals surface area contributed by atoms with Crippen LogP contribution in [0.1, 0.15) is 10.4 Å². The molecule has 6 heteroatoms. The molecule has 5 nitrogen and oxygen atoms in total. The minimum Gasteiger partial charge on any atom is -0.321 e. The van der Waals surface area contributed by atoms with E-state index in [0.717, 1.165) is 0 Å². The van der Waals surface area contributed by atoms with Crippen molar-refractivity contribution in [2.45, 2.75) is 0 Å². The van der Waals surface area contributed by atoms with E-state index in [0.29, 0.717) is 22.1 Å². The van der Waals surface area contributed by atoms with Gasteiger partial charge in [0.15, 0.2) is 5.82 Å². The lowest BCUT2D eigenvalue weighted by atomic mass is 10.2. The lowest BCUT2D eigenvalue weighted by Gasteiger charge is -2.09. The van der Waals surface area contributed by atoms with Gasteiger partial charge in [0.05, 0.1) is 16.3 Å². The number of nitrogens with one attached hydrogen (secondary N) is 2. The number of halogens is 1. The van der Waals surface area contributed by atoms with Crippen molar-refractivity contribution in [2.75, 3.05) is 10.7 Å². The van der Waals surface area contributed by atoms with Crippen LogP contribution in [0.5, 0.6) is 0 Å². The molecule has 2 rings (SSSR count). The summed E-state index contributed by atoms with van der Waals surface area (Å²) in [5, 5.41) is 3.16. The summed E-state index contributed by atoms with van der Waals surface area (Å²) in [6.07, 6.45) is 1.54. The van der Waals surface area contributed by atoms with Crippen LogP contribution < -0.4 is 16.6 Å². The molecule has 0 unspecified atom stereocenters. The molecule has 0 fully saturated rings. The smallest absolute Gasteiger partial charge is 0.259 e. The molecule has 0 radical (unpaired) electrons. The average molecular weight is 263 g/mol. The number of hydrazine groups is 1. The molecule has 1 aromatic carbocycles. The summed E-state index contributed by atoms with van der Waals surface area (Å²) in [4.78, 5) is 16.0. The van der Waals surface area contributed by atoms with Gasteiger partial charge in [0.1, 0.15) is 0 Å². The van der Waals surface area contributed by atoms with Crippen molar-refractivity contribution in [1.82, 2.24) is 4.98 Å². The van der Waals surface area contributed by atoms with Gasteiger partial charge in [-0.3, -0.25) is 4.79 Å². The summed E-state index contributed by atoms with van der Waals surface area (Å²) in [6, 6.07) is 10.3. The number of nitrogens with two attached hydrogens (primary N) is 1. The molecule has 92 valence electrons. The van der Waals surface area contributed by atoms with Crippen LogP contribution in [0.4, 0.5) is 11.5 Å². The lowest BCUT2D eigenvalue weighted by molar-refractivity contribution is 0.102. The summed E-state index contributed by atoms with van der Waals surface area (Å²) in [6.45, 7) is 0. The van der Waals surface area contributed by atoms with Gasteiger partial charge >= 0.3 is 0 Å². The summed E-state index contributed by atoms with van der Waals surface area (Å²) < 4.78 is 0. The Labute approximate surface area is 109 Å². The number of carbonyl (C=O) groups is 1. The van der Waals surface area contributed by atoms with Crippen molar-refractivity contribution in [2.24, 2.45) is 5.84 Å². The van der Waals surface area contributed by atoms with Crippen LogP contribution in [0.15, 0.2) is 42.6 Å². The molecular weight excluding hydrogens is 252 g/mol. The van der Waals surface area contributed by atoms with Crippen molar-refractivity contribution in [3.05, 3.63) is 53.2 Å². The third-order valence-electron chi connectivity index (χ3n) is 2.31. The van der Waals surface area contributed by atoms with Crippen molar-refractivity contribution in [1.29, 1.82) is 0 Å². The van der Waals surface area contributed by atoms with Crippen LogP contribution in [0.3, 0.4) is 0 Å². The Morgan fingerprint density at radius 1 is 1.22 bits per heavy atom. The Bertz CT molecular complexity index is 574. The van der Waals surface area contributed by atoms with Gasteiger partial charge in [0, 0.05) is 6.20 Å². The summed E-state index contributed by atoms with van der Waals surface area (Å²) in [5.74, 6) is 5.27. The highest BCUT2D eigenvalue weighted by Gasteiger charge is 2.12. The van der Waals surface area contributed by atoms with Crippen molar-refractivity contribution in [3.63, 3.8) is 0 Å². The summed E-state index contributed by atoms with van der Waals surface area (Å²) in [7, 11) is 0. The SMILES string of the molecule is NNc1ncccc1C(=O)Nc1ccccc1Cl. The molecule has 2 aromatic rings. The number of hydrogen-bond acceptors (Lipinski definition) is 4. The van der Waals surface area contributed by atoms with E-state index in [1.807, 2.05) is 0 Å². The van der Waals surface area contributed by atoms with E-state index in [2.05, 4.69) is 15.7 Å². The number of aromatic nitrogens is 1. The highest BCUT2D eigenvalue weighted by molar-refractivity contribution is 6.34. The number of hydrogen-bond donors (Lipinski definition) is 3. The zero-order valence-electron chi connectivity index (χ0n) is 9.35. The predicted molar refractivity (Wildman–Crippen MR) is 71.5 cm³/mol. The fourth-order valence-corrected chi connectivity index (χ4v) is 1.64. The first kappa shape index (κ1) is 12.3. The van der Waals surface area contributed by atoms with Gasteiger partial charge in [-0.1, -0.05) is 23.7 Å². The zero-order chi connectivity index (χ0) is 13.0. The van der Waals surface area contributed by atoms with E-state index in [4.69, 9.17) is 17.4 Å². The molecule has 0 saturated heterocycles. The van der Waals surface area contributed by atoms with Gasteiger partial charge in [-0.25, -0.2) is 10.8 Å². The summed E-state index contributed by atoms with van der Waals surface area (Å²) in [5.41, 5.74) is 3.26. The van der Waals surface area contributed by atoms with E-state index in [1.165, 1.54) is 0 Å². The highest BCUT2D eigenvalue weighted by atomic mass is 35.5. The molecule has 0 aliphatic rings. The second-order valence-electron chi connectivity index (χ2n) is 3.48. The third-order valence-corrected chi connectivity index (χ3v) is 2.64. The molecule has 0 aliphatic heterocycles. The number of carbonyl (C=O) groups excluding carboxylic acids is 1. The van der Waals surface area contributed by atoms with Crippen molar-refractivity contribution < 1.29 is 4.79 Å². The Kier molecular flexibility index (Phi) is 3.76. The highest BCUT2D eigenvalue weighted by Crippen LogP contribution is 2.22. The molecule has 1 amide bonds. The van der Waals surface area contributed by atoms with Crippen LogP contribution in [-0.2, 0) is 0 Å². The van der Waals surface area contributed by atoms with Crippen LogP contribution >= 0.6 is 11.6 Å². The minimum absolute atomic E-state index is 0.307. The van der Waals surface area contributed by atoms with Gasteiger partial charge in [-0.05, 0) is 24.3 Å². The standard InChI is InChI=1S/C12H11ClN4O/c13-9-5-1-2-6-10(9)16-12(18)8-4-3-7-15-11(8)17-14/h1-7H,14H2,(H,15,17)(H,16,18). The molecule has 0 bridgehead atoms. The largest absolute Gasteiger partial charge is 0.321 e. The Hall–Kier alpha value is -2.11. The lowest BCUT2D eigenvalue weighted by Crippen LogP contribution is -2.18. The topological polar surface area (TPSA) is 80.0 Å². The maximum Gasteiger partial charge on any atom is 0.259 e. The molecule has 1 aromatic heterocycles. The normalized spacial score (nSPS) is 9.89. The molecule has 0 spiro atoms. The van der Waals surface area contributed by atoms with Crippen LogP contribution in [0.2, 0.25) is 5.02 Å². The number of para-hydroxylation sites is 1. The van der Waals surface area contributed by atoms with Crippen LogP contribution in [0, 0.1) is 0 Å². The third kappa shape index (κ3) is 2.58. The van der Waals surface area contributed by atoms with Gasteiger partial charge in [-0.2, -0.15) is 0 Å². The zero-order valence-corrected chi connectivity index (χ0v) is 10.1. The molecule has 0 aliphatic carbocycles. The van der Waals surface area contributed by atoms with Gasteiger partial charge < -0.3 is 10.7 Å². The van der Waals surface area contributed by atoms with E-state index >= 15 is 0 Å². The van der Waals surface area contributed by atoms with E-state index < -0.39 is 0 Å².